The van der Waals surface area contributed by atoms with Gasteiger partial charge in [-0.25, -0.2) is 4.98 Å². The first-order chi connectivity index (χ1) is 24.5. The fourth-order valence-electron chi connectivity index (χ4n) is 6.80. The van der Waals surface area contributed by atoms with Gasteiger partial charge in [0, 0.05) is 65.3 Å². The van der Waals surface area contributed by atoms with E-state index in [1.165, 1.54) is 22.6 Å². The van der Waals surface area contributed by atoms with Crippen LogP contribution in [0, 0.1) is 29.7 Å². The predicted molar refractivity (Wildman–Crippen MR) is 216 cm³/mol. The maximum Gasteiger partial charge on any atom is 0.223 e. The summed E-state index contributed by atoms with van der Waals surface area (Å²) < 4.78 is 12.6. The number of aromatic nitrogens is 2. The van der Waals surface area contributed by atoms with E-state index in [4.69, 9.17) is 13.8 Å². The van der Waals surface area contributed by atoms with Crippen molar-refractivity contribution in [3.8, 4) is 11.3 Å². The minimum absolute atomic E-state index is 0. The number of aryl methyl sites for hydroxylation is 1. The van der Waals surface area contributed by atoms with Crippen molar-refractivity contribution >= 4 is 49.6 Å². The fourth-order valence-corrected chi connectivity index (χ4v) is 6.80. The van der Waals surface area contributed by atoms with Gasteiger partial charge in [-0.15, -0.1) is 29.1 Å². The third-order valence-corrected chi connectivity index (χ3v) is 11.5. The molecule has 3 heterocycles. The minimum Gasteiger partial charge on any atom is -0.512 e. The number of benzene rings is 3. The number of ketones is 1. The number of carbonyl (C=O) groups is 1. The van der Waals surface area contributed by atoms with Gasteiger partial charge in [0.25, 0.3) is 0 Å². The molecule has 0 aliphatic rings. The number of aliphatic hydroxyl groups is 1. The van der Waals surface area contributed by atoms with Crippen LogP contribution >= 0.6 is 0 Å². The molecule has 0 aliphatic heterocycles. The number of allylic oxidation sites excluding steroid dienone is 2. The van der Waals surface area contributed by atoms with Crippen molar-refractivity contribution in [3.63, 3.8) is 0 Å². The molecule has 6 rings (SSSR count). The molecule has 6 nitrogen and oxygen atoms in total. The van der Waals surface area contributed by atoms with Crippen LogP contribution in [0.4, 0.5) is 0 Å². The van der Waals surface area contributed by atoms with Crippen molar-refractivity contribution in [2.75, 3.05) is 0 Å². The van der Waals surface area contributed by atoms with Crippen LogP contribution in [0.2, 0.25) is 0 Å². The van der Waals surface area contributed by atoms with Gasteiger partial charge in [0.2, 0.25) is 5.71 Å². The molecule has 3 aromatic heterocycles. The van der Waals surface area contributed by atoms with Crippen molar-refractivity contribution in [3.05, 3.63) is 83.6 Å². The molecule has 0 amide bonds. The number of nitrogens with zero attached hydrogens (tertiary/aromatic N) is 2. The Kier molecular flexibility index (Phi) is 12.9. The first-order valence-corrected chi connectivity index (χ1v) is 19.0. The summed E-state index contributed by atoms with van der Waals surface area (Å²) >= 11 is 0. The Labute approximate surface area is 329 Å². The van der Waals surface area contributed by atoms with Crippen LogP contribution in [0.25, 0.3) is 55.1 Å². The number of hydrogen-bond acceptors (Lipinski definition) is 6. The van der Waals surface area contributed by atoms with Gasteiger partial charge < -0.3 is 13.9 Å². The van der Waals surface area contributed by atoms with E-state index in [1.54, 1.807) is 6.33 Å². The summed E-state index contributed by atoms with van der Waals surface area (Å²) in [6, 6.07) is 18.4. The molecule has 0 saturated carbocycles. The summed E-state index contributed by atoms with van der Waals surface area (Å²) in [5, 5.41) is 15.4. The summed E-state index contributed by atoms with van der Waals surface area (Å²) in [4.78, 5) is 21.4. The average molecular weight is 894 g/mol. The fraction of sp³-hybridized carbons (Fsp3) is 0.457. The smallest absolute Gasteiger partial charge is 0.223 e. The molecule has 0 aliphatic carbocycles. The SMILES string of the molecule is CCC(C)(CC)C(=O)/C=C(\O)C(C)(CC)CC.Cc1c(CC(C)C)oc2cc3c(cc12)oc1ncnc(-c2[c-]c4ccccc4c(C(C)(C)C)c2)c13.[Ir]. The molecule has 6 aromatic rings. The van der Waals surface area contributed by atoms with Crippen LogP contribution in [0.1, 0.15) is 119 Å². The molecule has 3 aromatic carbocycles. The van der Waals surface area contributed by atoms with Gasteiger partial charge in [-0.1, -0.05) is 105 Å². The van der Waals surface area contributed by atoms with Gasteiger partial charge >= 0.3 is 0 Å². The molecular formula is C46H57IrN2O4-. The van der Waals surface area contributed by atoms with Crippen LogP contribution in [0.15, 0.2) is 69.5 Å². The van der Waals surface area contributed by atoms with Crippen molar-refractivity contribution in [1.82, 2.24) is 9.97 Å². The summed E-state index contributed by atoms with van der Waals surface area (Å²) in [5.41, 5.74) is 5.84. The molecule has 7 heteroatoms. The largest absolute Gasteiger partial charge is 0.512 e. The molecule has 0 saturated heterocycles. The van der Waals surface area contributed by atoms with Gasteiger partial charge in [-0.2, -0.15) is 0 Å². The van der Waals surface area contributed by atoms with Gasteiger partial charge in [0.15, 0.2) is 5.78 Å². The second kappa shape index (κ2) is 16.3. The maximum atomic E-state index is 12.2. The molecule has 0 unspecified atom stereocenters. The van der Waals surface area contributed by atoms with Crippen LogP contribution in [-0.4, -0.2) is 20.9 Å². The zero-order valence-electron chi connectivity index (χ0n) is 33.7. The number of fused-ring (bicyclic) bond motifs is 5. The third kappa shape index (κ3) is 8.32. The maximum absolute atomic E-state index is 12.2. The molecule has 285 valence electrons. The molecule has 0 spiro atoms. The quantitative estimate of drug-likeness (QED) is 0.0837. The monoisotopic (exact) mass is 894 g/mol. The molecule has 0 atom stereocenters. The van der Waals surface area contributed by atoms with E-state index < -0.39 is 0 Å². The molecule has 1 radical (unpaired) electrons. The summed E-state index contributed by atoms with van der Waals surface area (Å²) in [5.74, 6) is 1.86. The zero-order chi connectivity index (χ0) is 38.2. The van der Waals surface area contributed by atoms with Gasteiger partial charge in [-0.05, 0) is 61.6 Å². The normalized spacial score (nSPS) is 12.8. The van der Waals surface area contributed by atoms with E-state index >= 15 is 0 Å². The second-order valence-corrected chi connectivity index (χ2v) is 16.4. The van der Waals surface area contributed by atoms with Crippen molar-refractivity contribution in [1.29, 1.82) is 0 Å². The van der Waals surface area contributed by atoms with Gasteiger partial charge in [0.1, 0.15) is 29.0 Å². The van der Waals surface area contributed by atoms with Crippen LogP contribution in [-0.2, 0) is 36.7 Å². The Bertz CT molecular complexity index is 2260. The average Bonchev–Trinajstić information content (AvgIpc) is 3.64. The molecule has 1 N–H and O–H groups in total. The van der Waals surface area contributed by atoms with Crippen molar-refractivity contribution in [2.24, 2.45) is 16.7 Å². The topological polar surface area (TPSA) is 89.4 Å². The molecule has 53 heavy (non-hydrogen) atoms. The third-order valence-electron chi connectivity index (χ3n) is 11.5. The Hall–Kier alpha value is -3.80. The standard InChI is InChI=1S/C31H29N2O2.C15H28O2.Ir/c1-17(2)11-25-18(3)22-14-27-23(15-26(22)34-25)28-29(32-16-33-30(28)35-27)20-12-19-9-7-8-10-21(19)24(13-20)31(4,5)6;1-7-14(5,8-2)12(16)11-13(17)15(6,9-3)10-4;/h7-10,13-17H,11H2,1-6H3;11,16H,7-10H2,1-6H3;/q-1;;/b;12-11-;. The molecular weight excluding hydrogens is 837 g/mol. The number of rotatable bonds is 10. The van der Waals surface area contributed by atoms with Crippen molar-refractivity contribution < 1.29 is 38.8 Å². The minimum atomic E-state index is -0.337. The van der Waals surface area contributed by atoms with E-state index in [2.05, 4.69) is 95.1 Å². The van der Waals surface area contributed by atoms with Gasteiger partial charge in [0.05, 0.1) is 0 Å². The first kappa shape index (κ1) is 41.9. The molecule has 0 bridgehead atoms. The molecule has 0 fully saturated rings. The van der Waals surface area contributed by atoms with E-state index in [-0.39, 0.29) is 47.9 Å². The van der Waals surface area contributed by atoms with E-state index in [0.29, 0.717) is 11.6 Å². The van der Waals surface area contributed by atoms with Gasteiger partial charge in [-0.3, -0.25) is 9.78 Å². The second-order valence-electron chi connectivity index (χ2n) is 16.4. The predicted octanol–water partition coefficient (Wildman–Crippen LogP) is 13.2. The van der Waals surface area contributed by atoms with Crippen molar-refractivity contribution in [2.45, 2.75) is 121 Å². The van der Waals surface area contributed by atoms with E-state index in [0.717, 1.165) is 81.8 Å². The summed E-state index contributed by atoms with van der Waals surface area (Å²) in [6.45, 7) is 25.4. The zero-order valence-corrected chi connectivity index (χ0v) is 36.1. The van der Waals surface area contributed by atoms with Crippen LogP contribution in [0.3, 0.4) is 0 Å². The summed E-state index contributed by atoms with van der Waals surface area (Å²) in [6.07, 6.45) is 7.25. The Morgan fingerprint density at radius 1 is 0.849 bits per heavy atom. The van der Waals surface area contributed by atoms with E-state index in [1.807, 2.05) is 41.5 Å². The summed E-state index contributed by atoms with van der Waals surface area (Å²) in [7, 11) is 0. The number of hydrogen-bond donors (Lipinski definition) is 1. The van der Waals surface area contributed by atoms with Crippen LogP contribution < -0.4 is 0 Å². The number of carbonyl (C=O) groups excluding carboxylic acids is 1. The van der Waals surface area contributed by atoms with E-state index in [9.17, 15) is 9.90 Å². The Morgan fingerprint density at radius 3 is 2.06 bits per heavy atom. The number of furan rings is 2. The number of aliphatic hydroxyl groups excluding tert-OH is 1. The Morgan fingerprint density at radius 2 is 1.45 bits per heavy atom. The first-order valence-electron chi connectivity index (χ1n) is 19.0. The van der Waals surface area contributed by atoms with Crippen LogP contribution in [0.5, 0.6) is 0 Å². The Balaban J connectivity index is 0.000000299.